The standard InChI is InChI=1S/C18H20N4O7S/c1-5-27-12-7-11(10-19)8-13(9-12)29-16-15(22(24)25)14(17(23)28-6-2)20-18(30-4)21(16)26-3/h7-9,18H,5-6H2,1-4H3. The number of rotatable bonds is 9. The molecular formula is C18H20N4O7S. The second-order valence-electron chi connectivity index (χ2n) is 5.52. The number of aliphatic imine (C=N–C) groups is 1. The van der Waals surface area contributed by atoms with Gasteiger partial charge in [0.2, 0.25) is 5.71 Å². The predicted molar refractivity (Wildman–Crippen MR) is 107 cm³/mol. The molecule has 0 N–H and O–H groups in total. The number of nitriles is 1. The van der Waals surface area contributed by atoms with Crippen molar-refractivity contribution in [3.8, 4) is 17.6 Å². The van der Waals surface area contributed by atoms with Gasteiger partial charge >= 0.3 is 17.5 Å². The summed E-state index contributed by atoms with van der Waals surface area (Å²) < 4.78 is 16.1. The summed E-state index contributed by atoms with van der Waals surface area (Å²) in [6, 6.07) is 6.32. The second kappa shape index (κ2) is 10.5. The molecular weight excluding hydrogens is 416 g/mol. The van der Waals surface area contributed by atoms with Crippen LogP contribution in [0.5, 0.6) is 11.5 Å². The van der Waals surface area contributed by atoms with E-state index in [2.05, 4.69) is 4.99 Å². The number of hydrogen-bond acceptors (Lipinski definition) is 11. The molecule has 1 aromatic carbocycles. The Balaban J connectivity index is 2.64. The van der Waals surface area contributed by atoms with E-state index >= 15 is 0 Å². The van der Waals surface area contributed by atoms with Crippen molar-refractivity contribution in [1.29, 1.82) is 5.26 Å². The lowest BCUT2D eigenvalue weighted by Gasteiger charge is -2.31. The van der Waals surface area contributed by atoms with E-state index in [1.165, 1.54) is 25.3 Å². The third-order valence-electron chi connectivity index (χ3n) is 3.66. The smallest absolute Gasteiger partial charge is 0.364 e. The van der Waals surface area contributed by atoms with Gasteiger partial charge in [-0.1, -0.05) is 0 Å². The molecule has 0 saturated heterocycles. The van der Waals surface area contributed by atoms with Crippen molar-refractivity contribution in [3.05, 3.63) is 45.5 Å². The van der Waals surface area contributed by atoms with Crippen LogP contribution < -0.4 is 9.47 Å². The zero-order valence-electron chi connectivity index (χ0n) is 16.8. The van der Waals surface area contributed by atoms with Crippen LogP contribution in [0.25, 0.3) is 0 Å². The van der Waals surface area contributed by atoms with Crippen LogP contribution >= 0.6 is 11.8 Å². The molecule has 0 fully saturated rings. The van der Waals surface area contributed by atoms with Gasteiger partial charge < -0.3 is 14.2 Å². The van der Waals surface area contributed by atoms with Crippen molar-refractivity contribution in [1.82, 2.24) is 5.06 Å². The molecule has 0 saturated carbocycles. The first-order valence-electron chi connectivity index (χ1n) is 8.75. The van der Waals surface area contributed by atoms with Gasteiger partial charge in [-0.2, -0.15) is 10.3 Å². The summed E-state index contributed by atoms with van der Waals surface area (Å²) in [5.41, 5.74) is -1.84. The molecule has 1 atom stereocenters. The van der Waals surface area contributed by atoms with Gasteiger partial charge in [-0.15, -0.1) is 11.8 Å². The quantitative estimate of drug-likeness (QED) is 0.322. The highest BCUT2D eigenvalue weighted by atomic mass is 32.2. The lowest BCUT2D eigenvalue weighted by molar-refractivity contribution is -0.421. The summed E-state index contributed by atoms with van der Waals surface area (Å²) in [7, 11) is 1.28. The molecule has 0 aromatic heterocycles. The first kappa shape index (κ1) is 23.0. The summed E-state index contributed by atoms with van der Waals surface area (Å²) in [6.07, 6.45) is 1.68. The van der Waals surface area contributed by atoms with E-state index in [1.54, 1.807) is 20.1 Å². The molecule has 1 aromatic rings. The van der Waals surface area contributed by atoms with Gasteiger partial charge in [-0.05, 0) is 32.2 Å². The fraction of sp³-hybridized carbons (Fsp3) is 0.389. The Hall–Kier alpha value is -3.30. The molecule has 160 valence electrons. The normalized spacial score (nSPS) is 15.9. The first-order chi connectivity index (χ1) is 14.4. The molecule has 11 nitrogen and oxygen atoms in total. The minimum atomic E-state index is -0.958. The van der Waals surface area contributed by atoms with Crippen molar-refractivity contribution in [3.63, 3.8) is 0 Å². The molecule has 0 spiro atoms. The molecule has 0 radical (unpaired) electrons. The van der Waals surface area contributed by atoms with Gasteiger partial charge in [0.05, 0.1) is 36.9 Å². The number of nitrogens with zero attached hydrogens (tertiary/aromatic N) is 4. The van der Waals surface area contributed by atoms with Crippen LogP contribution in [0.1, 0.15) is 19.4 Å². The monoisotopic (exact) mass is 436 g/mol. The van der Waals surface area contributed by atoms with Crippen molar-refractivity contribution >= 4 is 23.4 Å². The minimum absolute atomic E-state index is 0.0128. The summed E-state index contributed by atoms with van der Waals surface area (Å²) >= 11 is 1.16. The van der Waals surface area contributed by atoms with Crippen LogP contribution in [0.2, 0.25) is 0 Å². The van der Waals surface area contributed by atoms with Crippen molar-refractivity contribution < 1.29 is 28.8 Å². The van der Waals surface area contributed by atoms with Gasteiger partial charge in [0, 0.05) is 6.07 Å². The highest BCUT2D eigenvalue weighted by Crippen LogP contribution is 2.32. The molecule has 1 unspecified atom stereocenters. The van der Waals surface area contributed by atoms with Crippen LogP contribution in [0.15, 0.2) is 34.8 Å². The highest BCUT2D eigenvalue weighted by molar-refractivity contribution is 7.99. The van der Waals surface area contributed by atoms with E-state index in [1.807, 2.05) is 6.07 Å². The summed E-state index contributed by atoms with van der Waals surface area (Å²) in [6.45, 7) is 3.70. The second-order valence-corrected chi connectivity index (χ2v) is 6.41. The topological polar surface area (TPSA) is 137 Å². The van der Waals surface area contributed by atoms with Crippen LogP contribution in [-0.2, 0) is 14.4 Å². The number of ether oxygens (including phenoxy) is 3. The number of thioether (sulfide) groups is 1. The molecule has 30 heavy (non-hydrogen) atoms. The summed E-state index contributed by atoms with van der Waals surface area (Å²) in [5, 5.41) is 22.1. The Labute approximate surface area is 177 Å². The predicted octanol–water partition coefficient (Wildman–Crippen LogP) is 2.31. The number of hydroxylamine groups is 2. The van der Waals surface area contributed by atoms with E-state index in [0.717, 1.165) is 16.8 Å². The van der Waals surface area contributed by atoms with E-state index < -0.39 is 27.8 Å². The zero-order chi connectivity index (χ0) is 22.3. The Morgan fingerprint density at radius 3 is 2.57 bits per heavy atom. The molecule has 1 aliphatic rings. The SMILES string of the molecule is CCOC(=O)C1=NC(SC)N(OC)C(Oc2cc(C#N)cc(OCC)c2)=C1[N+](=O)[O-]. The van der Waals surface area contributed by atoms with Gasteiger partial charge in [0.15, 0.2) is 5.50 Å². The maximum absolute atomic E-state index is 12.3. The third kappa shape index (κ3) is 5.00. The lowest BCUT2D eigenvalue weighted by Crippen LogP contribution is -2.42. The average molecular weight is 436 g/mol. The fourth-order valence-corrected chi connectivity index (χ4v) is 3.10. The Morgan fingerprint density at radius 2 is 2.03 bits per heavy atom. The highest BCUT2D eigenvalue weighted by Gasteiger charge is 2.43. The number of carbonyl (C=O) groups is 1. The van der Waals surface area contributed by atoms with Crippen LogP contribution in [0.3, 0.4) is 0 Å². The van der Waals surface area contributed by atoms with Gasteiger partial charge in [-0.25, -0.2) is 9.79 Å². The molecule has 1 heterocycles. The number of benzene rings is 1. The summed E-state index contributed by atoms with van der Waals surface area (Å²) in [4.78, 5) is 32.7. The van der Waals surface area contributed by atoms with E-state index in [-0.39, 0.29) is 23.8 Å². The number of hydrogen-bond donors (Lipinski definition) is 0. The van der Waals surface area contributed by atoms with E-state index in [4.69, 9.17) is 19.0 Å². The molecule has 0 amide bonds. The molecule has 0 aliphatic carbocycles. The average Bonchev–Trinajstić information content (AvgIpc) is 2.72. The third-order valence-corrected chi connectivity index (χ3v) is 4.38. The Bertz CT molecular complexity index is 926. The maximum Gasteiger partial charge on any atom is 0.364 e. The number of carbonyl (C=O) groups excluding carboxylic acids is 1. The van der Waals surface area contributed by atoms with Crippen LogP contribution in [-0.4, -0.2) is 53.7 Å². The van der Waals surface area contributed by atoms with E-state index in [0.29, 0.717) is 12.4 Å². The molecule has 1 aliphatic heterocycles. The first-order valence-corrected chi connectivity index (χ1v) is 10.0. The lowest BCUT2D eigenvalue weighted by atomic mass is 10.2. The number of nitro groups is 1. The van der Waals surface area contributed by atoms with Crippen molar-refractivity contribution in [2.45, 2.75) is 19.3 Å². The maximum atomic E-state index is 12.3. The van der Waals surface area contributed by atoms with Crippen molar-refractivity contribution in [2.75, 3.05) is 26.6 Å². The van der Waals surface area contributed by atoms with Gasteiger partial charge in [-0.3, -0.25) is 15.0 Å². The minimum Gasteiger partial charge on any atom is -0.494 e. The molecule has 0 bridgehead atoms. The van der Waals surface area contributed by atoms with Crippen LogP contribution in [0, 0.1) is 21.4 Å². The Kier molecular flexibility index (Phi) is 8.02. The molecule has 2 rings (SSSR count). The largest absolute Gasteiger partial charge is 0.494 e. The van der Waals surface area contributed by atoms with Gasteiger partial charge in [0.1, 0.15) is 11.5 Å². The van der Waals surface area contributed by atoms with Crippen molar-refractivity contribution in [2.24, 2.45) is 4.99 Å². The zero-order valence-corrected chi connectivity index (χ0v) is 17.6. The van der Waals surface area contributed by atoms with Crippen LogP contribution in [0.4, 0.5) is 0 Å². The van der Waals surface area contributed by atoms with Gasteiger partial charge in [0.25, 0.3) is 0 Å². The fourth-order valence-electron chi connectivity index (χ4n) is 2.52. The number of esters is 1. The Morgan fingerprint density at radius 1 is 1.33 bits per heavy atom. The van der Waals surface area contributed by atoms with E-state index in [9.17, 15) is 20.2 Å². The molecule has 12 heteroatoms. The summed E-state index contributed by atoms with van der Waals surface area (Å²) in [5.74, 6) is -0.910.